The Morgan fingerprint density at radius 1 is 1.44 bits per heavy atom. The van der Waals surface area contributed by atoms with Crippen molar-refractivity contribution in [3.05, 3.63) is 20.3 Å². The lowest BCUT2D eigenvalue weighted by Gasteiger charge is -2.18. The molecule has 2 atom stereocenters. The van der Waals surface area contributed by atoms with Crippen LogP contribution in [0.4, 0.5) is 0 Å². The van der Waals surface area contributed by atoms with Crippen LogP contribution in [0.5, 0.6) is 0 Å². The van der Waals surface area contributed by atoms with Crippen molar-refractivity contribution in [3.8, 4) is 0 Å². The van der Waals surface area contributed by atoms with E-state index in [9.17, 15) is 4.79 Å². The molecule has 1 rings (SSSR count). The fourth-order valence-corrected chi connectivity index (χ4v) is 3.05. The van der Waals surface area contributed by atoms with Crippen LogP contribution in [-0.4, -0.2) is 19.0 Å². The van der Waals surface area contributed by atoms with Gasteiger partial charge in [0, 0.05) is 13.1 Å². The maximum atomic E-state index is 11.3. The zero-order valence-corrected chi connectivity index (χ0v) is 11.6. The first-order chi connectivity index (χ1) is 7.45. The molecule has 0 fully saturated rings. The highest BCUT2D eigenvalue weighted by Gasteiger charge is 2.18. The van der Waals surface area contributed by atoms with Gasteiger partial charge in [0.25, 0.3) is 0 Å². The molecular formula is C10H14Cl2N2OS. The van der Waals surface area contributed by atoms with Gasteiger partial charge in [-0.15, -0.1) is 11.3 Å². The molecule has 1 aromatic heterocycles. The predicted molar refractivity (Wildman–Crippen MR) is 69.4 cm³/mol. The first-order valence-electron chi connectivity index (χ1n) is 4.88. The minimum atomic E-state index is -0.269. The summed E-state index contributed by atoms with van der Waals surface area (Å²) >= 11 is 13.2. The summed E-state index contributed by atoms with van der Waals surface area (Å²) in [5.74, 6) is -0.0516. The molecule has 0 bridgehead atoms. The predicted octanol–water partition coefficient (Wildman–Crippen LogP) is 2.84. The molecule has 2 N–H and O–H groups in total. The number of hydrogen-bond acceptors (Lipinski definition) is 3. The van der Waals surface area contributed by atoms with Gasteiger partial charge in [-0.05, 0) is 25.5 Å². The fraction of sp³-hybridized carbons (Fsp3) is 0.500. The molecule has 1 amide bonds. The lowest BCUT2D eigenvalue weighted by atomic mass is 10.1. The molecule has 90 valence electrons. The second-order valence-corrected chi connectivity index (χ2v) is 5.79. The molecule has 0 spiro atoms. The van der Waals surface area contributed by atoms with Gasteiger partial charge < -0.3 is 5.32 Å². The van der Waals surface area contributed by atoms with Crippen LogP contribution in [0.15, 0.2) is 6.07 Å². The summed E-state index contributed by atoms with van der Waals surface area (Å²) in [7, 11) is 1.61. The molecule has 0 aliphatic rings. The lowest BCUT2D eigenvalue weighted by molar-refractivity contribution is -0.122. The minimum absolute atomic E-state index is 0.0106. The minimum Gasteiger partial charge on any atom is -0.358 e. The van der Waals surface area contributed by atoms with E-state index in [-0.39, 0.29) is 18.0 Å². The normalized spacial score (nSPS) is 14.6. The molecule has 16 heavy (non-hydrogen) atoms. The van der Waals surface area contributed by atoms with Crippen LogP contribution in [0.1, 0.15) is 25.5 Å². The van der Waals surface area contributed by atoms with E-state index in [0.29, 0.717) is 8.67 Å². The number of nitrogens with one attached hydrogen (secondary N) is 2. The van der Waals surface area contributed by atoms with E-state index in [0.717, 1.165) is 5.56 Å². The average molecular weight is 281 g/mol. The molecule has 2 unspecified atom stereocenters. The number of amides is 1. The van der Waals surface area contributed by atoms with Gasteiger partial charge in [-0.2, -0.15) is 0 Å². The maximum Gasteiger partial charge on any atom is 0.236 e. The van der Waals surface area contributed by atoms with Crippen LogP contribution in [-0.2, 0) is 4.79 Å². The van der Waals surface area contributed by atoms with Crippen molar-refractivity contribution in [3.63, 3.8) is 0 Å². The molecular weight excluding hydrogens is 267 g/mol. The van der Waals surface area contributed by atoms with Crippen molar-refractivity contribution in [1.29, 1.82) is 0 Å². The number of likely N-dealkylation sites (N-methyl/N-ethyl adjacent to an activating group) is 1. The Bertz CT molecular complexity index is 381. The summed E-state index contributed by atoms with van der Waals surface area (Å²) in [5, 5.41) is 5.74. The number of halogens is 2. The number of thiophene rings is 1. The van der Waals surface area contributed by atoms with Crippen LogP contribution in [0.3, 0.4) is 0 Å². The highest BCUT2D eigenvalue weighted by Crippen LogP contribution is 2.34. The number of hydrogen-bond donors (Lipinski definition) is 2. The highest BCUT2D eigenvalue weighted by atomic mass is 35.5. The van der Waals surface area contributed by atoms with Crippen LogP contribution in [0.2, 0.25) is 8.67 Å². The first-order valence-corrected chi connectivity index (χ1v) is 6.45. The Hall–Kier alpha value is -0.290. The Morgan fingerprint density at radius 3 is 2.50 bits per heavy atom. The van der Waals surface area contributed by atoms with Crippen molar-refractivity contribution in [2.24, 2.45) is 0 Å². The van der Waals surface area contributed by atoms with E-state index < -0.39 is 0 Å². The third-order valence-corrected chi connectivity index (χ3v) is 3.81. The van der Waals surface area contributed by atoms with Gasteiger partial charge >= 0.3 is 0 Å². The molecule has 6 heteroatoms. The Balaban J connectivity index is 2.68. The van der Waals surface area contributed by atoms with E-state index in [1.807, 2.05) is 13.0 Å². The molecule has 1 heterocycles. The quantitative estimate of drug-likeness (QED) is 0.891. The molecule has 0 saturated carbocycles. The maximum absolute atomic E-state index is 11.3. The third kappa shape index (κ3) is 3.35. The van der Waals surface area contributed by atoms with Gasteiger partial charge in [0.2, 0.25) is 5.91 Å². The smallest absolute Gasteiger partial charge is 0.236 e. The summed E-state index contributed by atoms with van der Waals surface area (Å²) < 4.78 is 1.32. The Kier molecular flexibility index (Phi) is 5.05. The van der Waals surface area contributed by atoms with E-state index >= 15 is 0 Å². The summed E-state index contributed by atoms with van der Waals surface area (Å²) in [4.78, 5) is 11.3. The van der Waals surface area contributed by atoms with Crippen LogP contribution < -0.4 is 10.6 Å². The number of carbonyl (C=O) groups is 1. The van der Waals surface area contributed by atoms with Gasteiger partial charge in [0.1, 0.15) is 0 Å². The Labute approximate surface area is 109 Å². The van der Waals surface area contributed by atoms with Crippen LogP contribution in [0.25, 0.3) is 0 Å². The summed E-state index contributed by atoms with van der Waals surface area (Å²) in [5.41, 5.74) is 0.924. The SMILES string of the molecule is CNC(=O)C(C)NC(C)c1cc(Cl)sc1Cl. The van der Waals surface area contributed by atoms with Crippen molar-refractivity contribution < 1.29 is 4.79 Å². The average Bonchev–Trinajstić information content (AvgIpc) is 2.56. The van der Waals surface area contributed by atoms with E-state index in [4.69, 9.17) is 23.2 Å². The molecule has 0 saturated heterocycles. The van der Waals surface area contributed by atoms with Gasteiger partial charge in [0.05, 0.1) is 14.7 Å². The summed E-state index contributed by atoms with van der Waals surface area (Å²) in [6.07, 6.45) is 0. The fourth-order valence-electron chi connectivity index (χ4n) is 1.41. The third-order valence-electron chi connectivity index (χ3n) is 2.29. The zero-order chi connectivity index (χ0) is 12.3. The first kappa shape index (κ1) is 13.8. The zero-order valence-electron chi connectivity index (χ0n) is 9.30. The second-order valence-electron chi connectivity index (χ2n) is 3.50. The van der Waals surface area contributed by atoms with Crippen LogP contribution >= 0.6 is 34.5 Å². The van der Waals surface area contributed by atoms with Gasteiger partial charge in [-0.1, -0.05) is 23.2 Å². The molecule has 3 nitrogen and oxygen atoms in total. The van der Waals surface area contributed by atoms with Crippen molar-refractivity contribution in [2.45, 2.75) is 25.9 Å². The largest absolute Gasteiger partial charge is 0.358 e. The molecule has 0 aromatic carbocycles. The molecule has 0 aliphatic heterocycles. The lowest BCUT2D eigenvalue weighted by Crippen LogP contribution is -2.41. The van der Waals surface area contributed by atoms with E-state index in [2.05, 4.69) is 10.6 Å². The standard InChI is InChI=1S/C10H14Cl2N2OS/c1-5(14-6(2)10(15)13-3)7-4-8(11)16-9(7)12/h4-6,14H,1-3H3,(H,13,15). The number of rotatable bonds is 4. The summed E-state index contributed by atoms with van der Waals surface area (Å²) in [6, 6.07) is 1.54. The second kappa shape index (κ2) is 5.87. The van der Waals surface area contributed by atoms with Crippen LogP contribution in [0, 0.1) is 0 Å². The van der Waals surface area contributed by atoms with Gasteiger partial charge in [-0.25, -0.2) is 0 Å². The van der Waals surface area contributed by atoms with Gasteiger partial charge in [-0.3, -0.25) is 10.1 Å². The number of carbonyl (C=O) groups excluding carboxylic acids is 1. The highest BCUT2D eigenvalue weighted by molar-refractivity contribution is 7.20. The molecule has 0 aliphatic carbocycles. The van der Waals surface area contributed by atoms with Crippen molar-refractivity contribution in [2.75, 3.05) is 7.05 Å². The van der Waals surface area contributed by atoms with E-state index in [1.165, 1.54) is 11.3 Å². The monoisotopic (exact) mass is 280 g/mol. The van der Waals surface area contributed by atoms with E-state index in [1.54, 1.807) is 14.0 Å². The van der Waals surface area contributed by atoms with Crippen molar-refractivity contribution >= 4 is 40.4 Å². The Morgan fingerprint density at radius 2 is 2.06 bits per heavy atom. The summed E-state index contributed by atoms with van der Waals surface area (Å²) in [6.45, 7) is 3.75. The van der Waals surface area contributed by atoms with Gasteiger partial charge in [0.15, 0.2) is 0 Å². The molecule has 0 radical (unpaired) electrons. The topological polar surface area (TPSA) is 41.1 Å². The van der Waals surface area contributed by atoms with Crippen molar-refractivity contribution in [1.82, 2.24) is 10.6 Å². The molecule has 1 aromatic rings.